The van der Waals surface area contributed by atoms with Crippen LogP contribution in [0, 0.1) is 0 Å². The molecule has 3 amide bonds. The molecular formula is C29H31ClN6O3. The van der Waals surface area contributed by atoms with Gasteiger partial charge in [0.15, 0.2) is 0 Å². The largest absolute Gasteiger partial charge is 0.349 e. The summed E-state index contributed by atoms with van der Waals surface area (Å²) in [7, 11) is 0. The summed E-state index contributed by atoms with van der Waals surface area (Å²) >= 11 is 6.16. The van der Waals surface area contributed by atoms with Crippen molar-refractivity contribution in [3.8, 4) is 0 Å². The average Bonchev–Trinajstić information content (AvgIpc) is 3.30. The molecule has 0 radical (unpaired) electrons. The molecule has 0 saturated heterocycles. The average molecular weight is 547 g/mol. The second-order valence-corrected chi connectivity index (χ2v) is 10.3. The number of nitrogens with zero attached hydrogens (tertiary/aromatic N) is 4. The van der Waals surface area contributed by atoms with Crippen molar-refractivity contribution in [3.05, 3.63) is 83.4 Å². The number of nitrogens with one attached hydrogen (secondary N) is 2. The zero-order chi connectivity index (χ0) is 28.2. The zero-order valence-corrected chi connectivity index (χ0v) is 23.1. The molecule has 4 rings (SSSR count). The van der Waals surface area contributed by atoms with E-state index in [-0.39, 0.29) is 24.3 Å². The Morgan fingerprint density at radius 3 is 2.31 bits per heavy atom. The van der Waals surface area contributed by atoms with Crippen LogP contribution in [-0.2, 0) is 20.9 Å². The van der Waals surface area contributed by atoms with E-state index >= 15 is 0 Å². The topological polar surface area (TPSA) is 109 Å². The van der Waals surface area contributed by atoms with Crippen LogP contribution in [0.3, 0.4) is 0 Å². The Hall–Kier alpha value is -4.24. The lowest BCUT2D eigenvalue weighted by atomic mass is 9.98. The molecule has 3 aromatic carbocycles. The van der Waals surface area contributed by atoms with Gasteiger partial charge in [0.1, 0.15) is 18.1 Å². The number of benzene rings is 3. The van der Waals surface area contributed by atoms with Crippen molar-refractivity contribution in [2.45, 2.75) is 52.2 Å². The van der Waals surface area contributed by atoms with Gasteiger partial charge < -0.3 is 10.6 Å². The second-order valence-electron chi connectivity index (χ2n) is 9.91. The van der Waals surface area contributed by atoms with Crippen LogP contribution in [0.5, 0.6) is 0 Å². The highest BCUT2D eigenvalue weighted by molar-refractivity contribution is 6.30. The van der Waals surface area contributed by atoms with Gasteiger partial charge in [0.05, 0.1) is 5.52 Å². The number of para-hydroxylation sites is 1. The van der Waals surface area contributed by atoms with Crippen molar-refractivity contribution < 1.29 is 14.4 Å². The van der Waals surface area contributed by atoms with Crippen LogP contribution < -0.4 is 15.5 Å². The molecule has 0 saturated carbocycles. The summed E-state index contributed by atoms with van der Waals surface area (Å²) in [5.74, 6) is -0.928. The lowest BCUT2D eigenvalue weighted by molar-refractivity contribution is -0.128. The second kappa shape index (κ2) is 11.7. The highest BCUT2D eigenvalue weighted by Crippen LogP contribution is 2.31. The molecule has 0 fully saturated rings. The first-order valence-corrected chi connectivity index (χ1v) is 13.0. The molecule has 0 aliphatic carbocycles. The summed E-state index contributed by atoms with van der Waals surface area (Å²) in [5, 5.41) is 14.7. The molecule has 0 aliphatic heterocycles. The third-order valence-electron chi connectivity index (χ3n) is 6.48. The fourth-order valence-corrected chi connectivity index (χ4v) is 4.26. The third-order valence-corrected chi connectivity index (χ3v) is 6.73. The van der Waals surface area contributed by atoms with E-state index in [1.165, 1.54) is 16.5 Å². The van der Waals surface area contributed by atoms with Gasteiger partial charge in [0.2, 0.25) is 17.7 Å². The number of anilines is 2. The first-order chi connectivity index (χ1) is 18.6. The van der Waals surface area contributed by atoms with E-state index in [9.17, 15) is 14.4 Å². The van der Waals surface area contributed by atoms with Crippen molar-refractivity contribution >= 4 is 51.7 Å². The lowest BCUT2D eigenvalue weighted by Gasteiger charge is -2.34. The first kappa shape index (κ1) is 27.8. The number of hydrogen-bond donors (Lipinski definition) is 2. The molecule has 202 valence electrons. The SMILES string of the molecule is CCC(C)(C)NC(=O)[C@@H](c1ccc(Cl)cc1)N(C(=O)Cn1nnc2ccccc21)c1ccc(NC(C)=O)cc1. The van der Waals surface area contributed by atoms with Crippen molar-refractivity contribution in [1.82, 2.24) is 20.3 Å². The standard InChI is InChI=1S/C29H31ClN6O3/c1-5-29(3,4)32-28(39)27(20-10-12-21(30)13-11-20)36(23-16-14-22(15-17-23)31-19(2)37)26(38)18-35-25-9-7-6-8-24(25)33-34-35/h6-17,27H,5,18H2,1-4H3,(H,31,37)(H,32,39)/t27-/m1/s1. The molecule has 10 heteroatoms. The van der Waals surface area contributed by atoms with Crippen LogP contribution in [0.15, 0.2) is 72.8 Å². The van der Waals surface area contributed by atoms with Gasteiger partial charge in [-0.25, -0.2) is 4.68 Å². The van der Waals surface area contributed by atoms with Gasteiger partial charge in [-0.3, -0.25) is 19.3 Å². The Balaban J connectivity index is 1.81. The number of hydrogen-bond acceptors (Lipinski definition) is 5. The fraction of sp³-hybridized carbons (Fsp3) is 0.276. The van der Waals surface area contributed by atoms with E-state index < -0.39 is 11.6 Å². The first-order valence-electron chi connectivity index (χ1n) is 12.6. The molecular weight excluding hydrogens is 516 g/mol. The molecule has 0 bridgehead atoms. The van der Waals surface area contributed by atoms with E-state index in [2.05, 4.69) is 20.9 Å². The maximum Gasteiger partial charge on any atom is 0.249 e. The van der Waals surface area contributed by atoms with Crippen LogP contribution in [0.4, 0.5) is 11.4 Å². The molecule has 0 unspecified atom stereocenters. The smallest absolute Gasteiger partial charge is 0.249 e. The molecule has 1 atom stereocenters. The van der Waals surface area contributed by atoms with E-state index in [0.717, 1.165) is 0 Å². The predicted octanol–water partition coefficient (Wildman–Crippen LogP) is 5.12. The molecule has 0 aliphatic rings. The van der Waals surface area contributed by atoms with Crippen LogP contribution in [0.25, 0.3) is 11.0 Å². The normalized spacial score (nSPS) is 12.1. The molecule has 1 heterocycles. The summed E-state index contributed by atoms with van der Waals surface area (Å²) < 4.78 is 1.52. The Labute approximate surface area is 232 Å². The highest BCUT2D eigenvalue weighted by atomic mass is 35.5. The van der Waals surface area contributed by atoms with Crippen molar-refractivity contribution in [1.29, 1.82) is 0 Å². The summed E-state index contributed by atoms with van der Waals surface area (Å²) in [6.45, 7) is 7.11. The fourth-order valence-electron chi connectivity index (χ4n) is 4.14. The summed E-state index contributed by atoms with van der Waals surface area (Å²) in [4.78, 5) is 41.0. The lowest BCUT2D eigenvalue weighted by Crippen LogP contribution is -2.51. The summed E-state index contributed by atoms with van der Waals surface area (Å²) in [6, 6.07) is 20.0. The third kappa shape index (κ3) is 6.61. The Kier molecular flexibility index (Phi) is 8.30. The number of halogens is 1. The van der Waals surface area contributed by atoms with Gasteiger partial charge in [-0.1, -0.05) is 48.0 Å². The summed E-state index contributed by atoms with van der Waals surface area (Å²) in [5.41, 5.74) is 2.49. The minimum atomic E-state index is -1.01. The molecule has 0 spiro atoms. The quantitative estimate of drug-likeness (QED) is 0.303. The number of carbonyl (C=O) groups excluding carboxylic acids is 3. The van der Waals surface area contributed by atoms with E-state index in [1.54, 1.807) is 48.5 Å². The number of fused-ring (bicyclic) bond motifs is 1. The maximum atomic E-state index is 14.1. The van der Waals surface area contributed by atoms with Gasteiger partial charge >= 0.3 is 0 Å². The zero-order valence-electron chi connectivity index (χ0n) is 22.3. The van der Waals surface area contributed by atoms with Gasteiger partial charge in [0.25, 0.3) is 0 Å². The molecule has 1 aromatic heterocycles. The molecule has 4 aromatic rings. The Bertz CT molecular complexity index is 1480. The minimum absolute atomic E-state index is 0.150. The van der Waals surface area contributed by atoms with Crippen molar-refractivity contribution in [3.63, 3.8) is 0 Å². The monoisotopic (exact) mass is 546 g/mol. The highest BCUT2D eigenvalue weighted by Gasteiger charge is 2.35. The summed E-state index contributed by atoms with van der Waals surface area (Å²) in [6.07, 6.45) is 0.691. The van der Waals surface area contributed by atoms with Gasteiger partial charge in [-0.15, -0.1) is 5.10 Å². The number of amides is 3. The van der Waals surface area contributed by atoms with E-state index in [0.29, 0.717) is 39.4 Å². The van der Waals surface area contributed by atoms with Gasteiger partial charge in [-0.2, -0.15) is 0 Å². The Morgan fingerprint density at radius 1 is 1.00 bits per heavy atom. The van der Waals surface area contributed by atoms with E-state index in [1.807, 2.05) is 45.0 Å². The van der Waals surface area contributed by atoms with Crippen LogP contribution >= 0.6 is 11.6 Å². The predicted molar refractivity (Wildman–Crippen MR) is 152 cm³/mol. The molecule has 39 heavy (non-hydrogen) atoms. The van der Waals surface area contributed by atoms with Crippen molar-refractivity contribution in [2.24, 2.45) is 0 Å². The Morgan fingerprint density at radius 2 is 1.67 bits per heavy atom. The number of carbonyl (C=O) groups is 3. The van der Waals surface area contributed by atoms with Crippen LogP contribution in [0.1, 0.15) is 45.7 Å². The number of rotatable bonds is 9. The number of aromatic nitrogens is 3. The van der Waals surface area contributed by atoms with Crippen LogP contribution in [0.2, 0.25) is 5.02 Å². The van der Waals surface area contributed by atoms with Crippen molar-refractivity contribution in [2.75, 3.05) is 10.2 Å². The van der Waals surface area contributed by atoms with E-state index in [4.69, 9.17) is 11.6 Å². The maximum absolute atomic E-state index is 14.1. The minimum Gasteiger partial charge on any atom is -0.349 e. The van der Waals surface area contributed by atoms with Gasteiger partial charge in [-0.05, 0) is 74.4 Å². The van der Waals surface area contributed by atoms with Gasteiger partial charge in [0, 0.05) is 28.9 Å². The molecule has 2 N–H and O–H groups in total. The molecule has 9 nitrogen and oxygen atoms in total. The van der Waals surface area contributed by atoms with Crippen LogP contribution in [-0.4, -0.2) is 38.3 Å².